The summed E-state index contributed by atoms with van der Waals surface area (Å²) in [5.74, 6) is -0.0171. The lowest BCUT2D eigenvalue weighted by molar-refractivity contribution is -0.120. The molecular weight excluding hydrogens is 317 g/mol. The molecule has 1 N–H and O–H groups in total. The van der Waals surface area contributed by atoms with E-state index in [1.54, 1.807) is 6.07 Å². The largest absolute Gasteiger partial charge is 0.315 e. The van der Waals surface area contributed by atoms with Crippen molar-refractivity contribution in [3.63, 3.8) is 0 Å². The van der Waals surface area contributed by atoms with Crippen LogP contribution in [0.4, 0.5) is 10.1 Å². The average molecular weight is 343 g/mol. The first kappa shape index (κ1) is 15.8. The maximum absolute atomic E-state index is 13.9. The molecule has 0 aromatic heterocycles. The number of hydrogen-bond donors (Lipinski definition) is 1. The van der Waals surface area contributed by atoms with E-state index < -0.39 is 0 Å². The molecule has 5 rings (SSSR count). The van der Waals surface area contributed by atoms with E-state index in [0.29, 0.717) is 0 Å². The zero-order valence-electron chi connectivity index (χ0n) is 14.9. The van der Waals surface area contributed by atoms with Crippen LogP contribution in [0.5, 0.6) is 0 Å². The van der Waals surface area contributed by atoms with Crippen LogP contribution in [0, 0.1) is 5.82 Å². The lowest BCUT2D eigenvalue weighted by Crippen LogP contribution is -2.55. The van der Waals surface area contributed by atoms with Crippen molar-refractivity contribution in [2.75, 3.05) is 31.1 Å². The Labute approximate surface area is 148 Å². The van der Waals surface area contributed by atoms with Crippen LogP contribution in [0.1, 0.15) is 44.6 Å². The van der Waals surface area contributed by atoms with Gasteiger partial charge in [-0.15, -0.1) is 0 Å². The van der Waals surface area contributed by atoms with Crippen molar-refractivity contribution in [2.24, 2.45) is 0 Å². The number of hydrogen-bond acceptors (Lipinski definition) is 3. The molecule has 3 heterocycles. The quantitative estimate of drug-likeness (QED) is 0.896. The van der Waals surface area contributed by atoms with E-state index in [-0.39, 0.29) is 28.7 Å². The van der Waals surface area contributed by atoms with Gasteiger partial charge in [0.25, 0.3) is 0 Å². The molecule has 1 aromatic rings. The van der Waals surface area contributed by atoms with Crippen LogP contribution in [0.25, 0.3) is 0 Å². The van der Waals surface area contributed by atoms with Crippen LogP contribution in [0.15, 0.2) is 18.2 Å². The third-order valence-corrected chi connectivity index (χ3v) is 7.05. The number of nitrogens with one attached hydrogen (secondary N) is 1. The number of piperidine rings is 1. The van der Waals surface area contributed by atoms with E-state index in [1.807, 2.05) is 11.0 Å². The van der Waals surface area contributed by atoms with Gasteiger partial charge in [-0.2, -0.15) is 0 Å². The van der Waals surface area contributed by atoms with E-state index in [1.165, 1.54) is 12.5 Å². The number of halogens is 1. The van der Waals surface area contributed by atoms with E-state index in [0.717, 1.165) is 63.1 Å². The Morgan fingerprint density at radius 1 is 1.20 bits per heavy atom. The van der Waals surface area contributed by atoms with Crippen LogP contribution in [-0.4, -0.2) is 48.6 Å². The molecule has 4 aliphatic rings. The monoisotopic (exact) mass is 343 g/mol. The summed E-state index contributed by atoms with van der Waals surface area (Å²) in [6.45, 7) is 6.53. The average Bonchev–Trinajstić information content (AvgIpc) is 3.24. The third kappa shape index (κ3) is 2.21. The normalized spacial score (nSPS) is 31.8. The standard InChI is InChI=1S/C20H26FN3O/c1-19(8-9-22-13-19)23-10-4-15(5-11-23)24-17-12-14(21)2-3-16(17)20(6-7-20)18(24)25/h2-3,12,15,22H,4-11,13H2,1H3. The van der Waals surface area contributed by atoms with Gasteiger partial charge in [0.2, 0.25) is 5.91 Å². The molecule has 2 saturated heterocycles. The highest BCUT2D eigenvalue weighted by Gasteiger charge is 2.60. The summed E-state index contributed by atoms with van der Waals surface area (Å²) in [7, 11) is 0. The van der Waals surface area contributed by atoms with Crippen molar-refractivity contribution in [1.82, 2.24) is 10.2 Å². The molecule has 25 heavy (non-hydrogen) atoms. The molecule has 1 spiro atoms. The minimum atomic E-state index is -0.318. The molecule has 1 aliphatic carbocycles. The predicted molar refractivity (Wildman–Crippen MR) is 95.3 cm³/mol. The smallest absolute Gasteiger partial charge is 0.237 e. The third-order valence-electron chi connectivity index (χ3n) is 7.05. The molecule has 0 radical (unpaired) electrons. The van der Waals surface area contributed by atoms with Crippen molar-refractivity contribution in [1.29, 1.82) is 0 Å². The molecule has 1 amide bonds. The van der Waals surface area contributed by atoms with Gasteiger partial charge in [0.15, 0.2) is 0 Å². The van der Waals surface area contributed by atoms with Crippen molar-refractivity contribution in [2.45, 2.75) is 56.0 Å². The van der Waals surface area contributed by atoms with Gasteiger partial charge in [0, 0.05) is 31.2 Å². The molecule has 4 nitrogen and oxygen atoms in total. The first-order valence-corrected chi connectivity index (χ1v) is 9.63. The van der Waals surface area contributed by atoms with Gasteiger partial charge in [0.1, 0.15) is 5.82 Å². The molecule has 5 heteroatoms. The zero-order chi connectivity index (χ0) is 17.2. The summed E-state index contributed by atoms with van der Waals surface area (Å²) in [4.78, 5) is 17.7. The van der Waals surface area contributed by atoms with Crippen molar-refractivity contribution in [3.8, 4) is 0 Å². The SMILES string of the molecule is CC1(N2CCC(N3C(=O)C4(CC4)c4ccc(F)cc43)CC2)CCNC1. The first-order valence-electron chi connectivity index (χ1n) is 9.63. The summed E-state index contributed by atoms with van der Waals surface area (Å²) in [5, 5.41) is 3.47. The molecule has 1 aromatic carbocycles. The van der Waals surface area contributed by atoms with E-state index in [2.05, 4.69) is 17.1 Å². The maximum atomic E-state index is 13.9. The van der Waals surface area contributed by atoms with Gasteiger partial charge in [-0.25, -0.2) is 4.39 Å². The Kier molecular flexibility index (Phi) is 3.32. The van der Waals surface area contributed by atoms with Crippen LogP contribution < -0.4 is 10.2 Å². The van der Waals surface area contributed by atoms with Crippen LogP contribution in [-0.2, 0) is 10.2 Å². The summed E-state index contributed by atoms with van der Waals surface area (Å²) < 4.78 is 13.9. The van der Waals surface area contributed by atoms with Gasteiger partial charge >= 0.3 is 0 Å². The Balaban J connectivity index is 1.38. The second-order valence-corrected chi connectivity index (χ2v) is 8.56. The number of amides is 1. The fourth-order valence-corrected chi connectivity index (χ4v) is 5.27. The molecule has 3 fully saturated rings. The van der Waals surface area contributed by atoms with Gasteiger partial charge in [0.05, 0.1) is 11.1 Å². The Morgan fingerprint density at radius 2 is 1.96 bits per heavy atom. The number of anilines is 1. The molecule has 1 saturated carbocycles. The lowest BCUT2D eigenvalue weighted by Gasteiger charge is -2.44. The van der Waals surface area contributed by atoms with E-state index >= 15 is 0 Å². The molecule has 0 bridgehead atoms. The Hall–Kier alpha value is -1.46. The van der Waals surface area contributed by atoms with Crippen molar-refractivity contribution >= 4 is 11.6 Å². The minimum Gasteiger partial charge on any atom is -0.315 e. The van der Waals surface area contributed by atoms with Crippen LogP contribution in [0.2, 0.25) is 0 Å². The maximum Gasteiger partial charge on any atom is 0.237 e. The molecule has 1 atom stereocenters. The highest BCUT2D eigenvalue weighted by Crippen LogP contribution is 2.58. The Morgan fingerprint density at radius 3 is 2.60 bits per heavy atom. The number of carbonyl (C=O) groups is 1. The van der Waals surface area contributed by atoms with Crippen molar-refractivity contribution in [3.05, 3.63) is 29.6 Å². The van der Waals surface area contributed by atoms with Crippen molar-refractivity contribution < 1.29 is 9.18 Å². The number of carbonyl (C=O) groups excluding carboxylic acids is 1. The molecular formula is C20H26FN3O. The predicted octanol–water partition coefficient (Wildman–Crippen LogP) is 2.42. The summed E-state index contributed by atoms with van der Waals surface area (Å²) >= 11 is 0. The molecule has 134 valence electrons. The van der Waals surface area contributed by atoms with Gasteiger partial charge < -0.3 is 10.2 Å². The Bertz CT molecular complexity index is 716. The van der Waals surface area contributed by atoms with Crippen LogP contribution >= 0.6 is 0 Å². The zero-order valence-corrected chi connectivity index (χ0v) is 14.9. The van der Waals surface area contributed by atoms with Gasteiger partial charge in [-0.3, -0.25) is 9.69 Å². The number of fused-ring (bicyclic) bond motifs is 2. The number of likely N-dealkylation sites (tertiary alicyclic amines) is 1. The van der Waals surface area contributed by atoms with E-state index in [4.69, 9.17) is 0 Å². The topological polar surface area (TPSA) is 35.6 Å². The van der Waals surface area contributed by atoms with Crippen LogP contribution in [0.3, 0.4) is 0 Å². The fraction of sp³-hybridized carbons (Fsp3) is 0.650. The van der Waals surface area contributed by atoms with Gasteiger partial charge in [-0.1, -0.05) is 6.07 Å². The second kappa shape index (κ2) is 5.27. The van der Waals surface area contributed by atoms with Gasteiger partial charge in [-0.05, 0) is 63.3 Å². The molecule has 1 unspecified atom stereocenters. The summed E-state index contributed by atoms with van der Waals surface area (Å²) in [6.07, 6.45) is 4.99. The minimum absolute atomic E-state index is 0.210. The number of benzene rings is 1. The lowest BCUT2D eigenvalue weighted by atomic mass is 9.93. The fourth-order valence-electron chi connectivity index (χ4n) is 5.27. The first-order chi connectivity index (χ1) is 12.0. The number of nitrogens with zero attached hydrogens (tertiary/aromatic N) is 2. The summed E-state index contributed by atoms with van der Waals surface area (Å²) in [6, 6.07) is 5.14. The highest BCUT2D eigenvalue weighted by molar-refractivity contribution is 6.10. The van der Waals surface area contributed by atoms with E-state index in [9.17, 15) is 9.18 Å². The number of rotatable bonds is 2. The highest BCUT2D eigenvalue weighted by atomic mass is 19.1. The second-order valence-electron chi connectivity index (χ2n) is 8.56. The summed E-state index contributed by atoms with van der Waals surface area (Å²) in [5.41, 5.74) is 1.84. The molecule has 3 aliphatic heterocycles.